The third-order valence-electron chi connectivity index (χ3n) is 3.62. The van der Waals surface area contributed by atoms with Crippen molar-refractivity contribution < 1.29 is 8.42 Å². The monoisotopic (exact) mass is 304 g/mol. The largest absolute Gasteiger partial charge is 0.356 e. The van der Waals surface area contributed by atoms with Crippen LogP contribution in [0.4, 0.5) is 0 Å². The zero-order chi connectivity index (χ0) is 15.0. The highest BCUT2D eigenvalue weighted by atomic mass is 32.2. The highest BCUT2D eigenvalue weighted by Crippen LogP contribution is 2.17. The topological polar surface area (TPSA) is 73.8 Å². The van der Waals surface area contributed by atoms with Crippen LogP contribution in [0.15, 0.2) is 4.99 Å². The van der Waals surface area contributed by atoms with Crippen molar-refractivity contribution in [1.82, 2.24) is 14.9 Å². The molecule has 118 valence electrons. The van der Waals surface area contributed by atoms with Crippen LogP contribution in [0.5, 0.6) is 0 Å². The molecule has 1 aliphatic rings. The third-order valence-corrected chi connectivity index (χ3v) is 5.00. The fourth-order valence-corrected chi connectivity index (χ4v) is 3.41. The average molecular weight is 304 g/mol. The van der Waals surface area contributed by atoms with Crippen LogP contribution >= 0.6 is 0 Å². The Hall–Kier alpha value is -0.820. The Labute approximate surface area is 123 Å². The van der Waals surface area contributed by atoms with E-state index in [0.717, 1.165) is 18.9 Å². The number of rotatable bonds is 7. The summed E-state index contributed by atoms with van der Waals surface area (Å²) in [6.45, 7) is 3.64. The molecule has 6 nitrogen and oxygen atoms in total. The fourth-order valence-electron chi connectivity index (χ4n) is 2.48. The summed E-state index contributed by atoms with van der Waals surface area (Å²) in [6, 6.07) is 0.532. The van der Waals surface area contributed by atoms with Gasteiger partial charge in [-0.3, -0.25) is 4.99 Å². The van der Waals surface area contributed by atoms with Crippen molar-refractivity contribution in [2.24, 2.45) is 4.99 Å². The Morgan fingerprint density at radius 3 is 2.50 bits per heavy atom. The summed E-state index contributed by atoms with van der Waals surface area (Å²) in [4.78, 5) is 4.20. The maximum atomic E-state index is 11.4. The summed E-state index contributed by atoms with van der Waals surface area (Å²) in [5, 5.41) is 6.65. The molecule has 1 fully saturated rings. The van der Waals surface area contributed by atoms with Crippen molar-refractivity contribution in [1.29, 1.82) is 0 Å². The lowest BCUT2D eigenvalue weighted by Crippen LogP contribution is -2.43. The van der Waals surface area contributed by atoms with Gasteiger partial charge in [-0.05, 0) is 19.3 Å². The van der Waals surface area contributed by atoms with E-state index in [2.05, 4.69) is 15.6 Å². The van der Waals surface area contributed by atoms with Crippen LogP contribution < -0.4 is 10.6 Å². The van der Waals surface area contributed by atoms with E-state index >= 15 is 0 Å². The van der Waals surface area contributed by atoms with Crippen LogP contribution in [0.25, 0.3) is 0 Å². The Kier molecular flexibility index (Phi) is 7.29. The Morgan fingerprint density at radius 1 is 1.35 bits per heavy atom. The lowest BCUT2D eigenvalue weighted by atomic mass is 10.2. The van der Waals surface area contributed by atoms with Crippen LogP contribution in [-0.2, 0) is 10.0 Å². The molecule has 0 bridgehead atoms. The molecule has 0 aliphatic heterocycles. The van der Waals surface area contributed by atoms with Crippen molar-refractivity contribution in [3.05, 3.63) is 0 Å². The molecule has 0 radical (unpaired) electrons. The van der Waals surface area contributed by atoms with Gasteiger partial charge in [0.15, 0.2) is 5.96 Å². The average Bonchev–Trinajstić information content (AvgIpc) is 2.88. The molecule has 0 amide bonds. The number of guanidine groups is 1. The van der Waals surface area contributed by atoms with E-state index in [1.807, 2.05) is 6.92 Å². The van der Waals surface area contributed by atoms with Gasteiger partial charge < -0.3 is 10.6 Å². The molecule has 2 N–H and O–H groups in total. The zero-order valence-electron chi connectivity index (χ0n) is 12.9. The van der Waals surface area contributed by atoms with E-state index in [1.54, 1.807) is 7.05 Å². The molecule has 0 heterocycles. The minimum absolute atomic E-state index is 0.522. The second-order valence-corrected chi connectivity index (χ2v) is 7.22. The van der Waals surface area contributed by atoms with E-state index in [0.29, 0.717) is 19.1 Å². The third kappa shape index (κ3) is 6.09. The first-order chi connectivity index (χ1) is 9.47. The summed E-state index contributed by atoms with van der Waals surface area (Å²) in [6.07, 6.45) is 7.01. The van der Waals surface area contributed by atoms with Crippen molar-refractivity contribution in [2.45, 2.75) is 45.1 Å². The predicted octanol–water partition coefficient (Wildman–Crippen LogP) is 0.766. The smallest absolute Gasteiger partial charge is 0.211 e. The van der Waals surface area contributed by atoms with Gasteiger partial charge in [0.05, 0.1) is 6.26 Å². The van der Waals surface area contributed by atoms with Crippen molar-refractivity contribution >= 4 is 16.0 Å². The van der Waals surface area contributed by atoms with Gasteiger partial charge in [0.25, 0.3) is 0 Å². The van der Waals surface area contributed by atoms with Crippen LogP contribution in [0.2, 0.25) is 0 Å². The summed E-state index contributed by atoms with van der Waals surface area (Å²) in [5.74, 6) is 0.819. The number of hydrogen-bond acceptors (Lipinski definition) is 3. The molecule has 0 aromatic carbocycles. The highest BCUT2D eigenvalue weighted by Gasteiger charge is 2.16. The van der Waals surface area contributed by atoms with Crippen molar-refractivity contribution in [2.75, 3.05) is 32.9 Å². The normalized spacial score (nSPS) is 17.7. The maximum Gasteiger partial charge on any atom is 0.211 e. The Morgan fingerprint density at radius 2 is 2.00 bits per heavy atom. The summed E-state index contributed by atoms with van der Waals surface area (Å²) >= 11 is 0. The fraction of sp³-hybridized carbons (Fsp3) is 0.923. The molecule has 0 unspecified atom stereocenters. The molecule has 0 atom stereocenters. The van der Waals surface area contributed by atoms with E-state index in [-0.39, 0.29) is 0 Å². The molecular weight excluding hydrogens is 276 g/mol. The molecular formula is C13H28N4O2S. The van der Waals surface area contributed by atoms with Crippen LogP contribution in [0, 0.1) is 0 Å². The second-order valence-electron chi connectivity index (χ2n) is 5.23. The lowest BCUT2D eigenvalue weighted by molar-refractivity contribution is 0.424. The first-order valence-electron chi connectivity index (χ1n) is 7.39. The molecule has 1 aliphatic carbocycles. The number of aliphatic imine (C=N–C) groups is 1. The van der Waals surface area contributed by atoms with Gasteiger partial charge in [0.1, 0.15) is 0 Å². The van der Waals surface area contributed by atoms with Gasteiger partial charge in [0.2, 0.25) is 10.0 Å². The van der Waals surface area contributed by atoms with Gasteiger partial charge in [0, 0.05) is 32.7 Å². The lowest BCUT2D eigenvalue weighted by Gasteiger charge is -2.19. The summed E-state index contributed by atoms with van der Waals surface area (Å²) < 4.78 is 24.4. The molecule has 20 heavy (non-hydrogen) atoms. The van der Waals surface area contributed by atoms with Gasteiger partial charge in [-0.25, -0.2) is 12.7 Å². The number of hydrogen-bond donors (Lipinski definition) is 2. The Balaban J connectivity index is 2.24. The molecule has 0 saturated heterocycles. The number of sulfonamides is 1. The first kappa shape index (κ1) is 17.2. The van der Waals surface area contributed by atoms with Crippen LogP contribution in [-0.4, -0.2) is 57.7 Å². The predicted molar refractivity (Wildman–Crippen MR) is 83.5 cm³/mol. The van der Waals surface area contributed by atoms with Gasteiger partial charge in [-0.1, -0.05) is 19.8 Å². The molecule has 0 aromatic heterocycles. The minimum Gasteiger partial charge on any atom is -0.356 e. The zero-order valence-corrected chi connectivity index (χ0v) is 13.7. The summed E-state index contributed by atoms with van der Waals surface area (Å²) in [5.41, 5.74) is 0. The Bertz CT molecular complexity index is 403. The van der Waals surface area contributed by atoms with Gasteiger partial charge in [-0.2, -0.15) is 0 Å². The van der Waals surface area contributed by atoms with Gasteiger partial charge >= 0.3 is 0 Å². The highest BCUT2D eigenvalue weighted by molar-refractivity contribution is 7.88. The minimum atomic E-state index is -3.08. The SMILES string of the molecule is CCN(CCCNC(=NC)NC1CCCC1)S(C)(=O)=O. The number of nitrogens with one attached hydrogen (secondary N) is 2. The van der Waals surface area contributed by atoms with E-state index < -0.39 is 10.0 Å². The van der Waals surface area contributed by atoms with Crippen molar-refractivity contribution in [3.8, 4) is 0 Å². The molecule has 1 rings (SSSR count). The van der Waals surface area contributed by atoms with E-state index in [4.69, 9.17) is 0 Å². The second kappa shape index (κ2) is 8.46. The van der Waals surface area contributed by atoms with E-state index in [1.165, 1.54) is 36.2 Å². The van der Waals surface area contributed by atoms with Crippen LogP contribution in [0.1, 0.15) is 39.0 Å². The van der Waals surface area contributed by atoms with Crippen LogP contribution in [0.3, 0.4) is 0 Å². The van der Waals surface area contributed by atoms with Gasteiger partial charge in [-0.15, -0.1) is 0 Å². The molecule has 0 spiro atoms. The standard InChI is InChI=1S/C13H28N4O2S/c1-4-17(20(3,18)19)11-7-10-15-13(14-2)16-12-8-5-6-9-12/h12H,4-11H2,1-3H3,(H2,14,15,16). The van der Waals surface area contributed by atoms with E-state index in [9.17, 15) is 8.42 Å². The summed E-state index contributed by atoms with van der Waals surface area (Å²) in [7, 11) is -1.32. The first-order valence-corrected chi connectivity index (χ1v) is 9.24. The maximum absolute atomic E-state index is 11.4. The quantitative estimate of drug-likeness (QED) is 0.414. The molecule has 1 saturated carbocycles. The molecule has 7 heteroatoms. The number of nitrogens with zero attached hydrogens (tertiary/aromatic N) is 2. The van der Waals surface area contributed by atoms with Crippen molar-refractivity contribution in [3.63, 3.8) is 0 Å². The molecule has 0 aromatic rings.